The Balaban J connectivity index is 1.46. The van der Waals surface area contributed by atoms with Gasteiger partial charge in [-0.3, -0.25) is 14.5 Å². The largest absolute Gasteiger partial charge is 0.325 e. The van der Waals surface area contributed by atoms with Gasteiger partial charge in [-0.05, 0) is 42.3 Å². The number of nitrogens with zero attached hydrogens (tertiary/aromatic N) is 2. The van der Waals surface area contributed by atoms with Gasteiger partial charge in [-0.25, -0.2) is 13.6 Å². The molecule has 0 aliphatic carbocycles. The molecule has 0 bridgehead atoms. The molecule has 1 saturated heterocycles. The van der Waals surface area contributed by atoms with Gasteiger partial charge in [0.05, 0.1) is 11.7 Å². The molecular weight excluding hydrogens is 472 g/mol. The summed E-state index contributed by atoms with van der Waals surface area (Å²) < 4.78 is 27.3. The number of thioether (sulfide) groups is 1. The van der Waals surface area contributed by atoms with E-state index in [0.29, 0.717) is 11.4 Å². The molecule has 3 aromatic rings. The first kappa shape index (κ1) is 23.0. The summed E-state index contributed by atoms with van der Waals surface area (Å²) in [5, 5.41) is 2.54. The molecular formula is C26H21F2N3O3S. The van der Waals surface area contributed by atoms with Crippen LogP contribution >= 0.6 is 11.8 Å². The van der Waals surface area contributed by atoms with Gasteiger partial charge in [0.25, 0.3) is 5.91 Å². The maximum Gasteiger partial charge on any atom is 0.325 e. The normalized spacial score (nSPS) is 21.6. The van der Waals surface area contributed by atoms with Crippen molar-refractivity contribution in [3.05, 3.63) is 95.6 Å². The molecule has 178 valence electrons. The summed E-state index contributed by atoms with van der Waals surface area (Å²) in [6.45, 7) is 0.913. The molecule has 0 saturated carbocycles. The van der Waals surface area contributed by atoms with Crippen molar-refractivity contribution in [1.29, 1.82) is 0 Å². The number of halogens is 2. The first-order valence-electron chi connectivity index (χ1n) is 11.0. The summed E-state index contributed by atoms with van der Waals surface area (Å²) in [6, 6.07) is 19.0. The predicted octanol–water partition coefficient (Wildman–Crippen LogP) is 4.61. The number of anilines is 1. The van der Waals surface area contributed by atoms with Gasteiger partial charge < -0.3 is 10.2 Å². The van der Waals surface area contributed by atoms with Crippen LogP contribution in [0.3, 0.4) is 0 Å². The van der Waals surface area contributed by atoms with Crippen molar-refractivity contribution < 1.29 is 23.2 Å². The third-order valence-electron chi connectivity index (χ3n) is 6.35. The van der Waals surface area contributed by atoms with Crippen molar-refractivity contribution in [3.8, 4) is 0 Å². The molecule has 35 heavy (non-hydrogen) atoms. The van der Waals surface area contributed by atoms with Crippen molar-refractivity contribution in [2.45, 2.75) is 23.4 Å². The zero-order valence-corrected chi connectivity index (χ0v) is 19.5. The quantitative estimate of drug-likeness (QED) is 0.539. The average Bonchev–Trinajstić information content (AvgIpc) is 3.09. The number of fused-ring (bicyclic) bond motifs is 1. The maximum absolute atomic E-state index is 13.8. The molecule has 6 nitrogen and oxygen atoms in total. The lowest BCUT2D eigenvalue weighted by molar-refractivity contribution is -0.134. The fourth-order valence-electron chi connectivity index (χ4n) is 4.47. The summed E-state index contributed by atoms with van der Waals surface area (Å²) >= 11 is 1.64. The highest BCUT2D eigenvalue weighted by Crippen LogP contribution is 2.43. The van der Waals surface area contributed by atoms with Gasteiger partial charge in [0.2, 0.25) is 5.91 Å². The minimum atomic E-state index is -1.62. The Labute approximate surface area is 204 Å². The number of urea groups is 1. The van der Waals surface area contributed by atoms with Gasteiger partial charge in [-0.2, -0.15) is 0 Å². The molecule has 2 unspecified atom stereocenters. The lowest BCUT2D eigenvalue weighted by atomic mass is 9.92. The van der Waals surface area contributed by atoms with Gasteiger partial charge in [-0.1, -0.05) is 48.5 Å². The van der Waals surface area contributed by atoms with Crippen molar-refractivity contribution in [2.75, 3.05) is 17.2 Å². The first-order chi connectivity index (χ1) is 16.8. The number of benzene rings is 3. The maximum atomic E-state index is 13.8. The Morgan fingerprint density at radius 1 is 1.03 bits per heavy atom. The fourth-order valence-corrected chi connectivity index (χ4v) is 5.64. The number of amides is 4. The molecule has 0 radical (unpaired) electrons. The Morgan fingerprint density at radius 3 is 2.49 bits per heavy atom. The number of carbonyl (C=O) groups excluding carboxylic acids is 3. The van der Waals surface area contributed by atoms with E-state index >= 15 is 0 Å². The van der Waals surface area contributed by atoms with Crippen LogP contribution in [0.5, 0.6) is 0 Å². The summed E-state index contributed by atoms with van der Waals surface area (Å²) in [5.74, 6) is -2.72. The monoisotopic (exact) mass is 493 g/mol. The van der Waals surface area contributed by atoms with Crippen molar-refractivity contribution in [3.63, 3.8) is 0 Å². The van der Waals surface area contributed by atoms with Gasteiger partial charge in [-0.15, -0.1) is 11.8 Å². The summed E-state index contributed by atoms with van der Waals surface area (Å²) in [4.78, 5) is 43.2. The minimum absolute atomic E-state index is 0.0894. The van der Waals surface area contributed by atoms with Crippen LogP contribution in [0.25, 0.3) is 0 Å². The van der Waals surface area contributed by atoms with Crippen LogP contribution in [-0.4, -0.2) is 35.0 Å². The van der Waals surface area contributed by atoms with Gasteiger partial charge in [0.1, 0.15) is 12.1 Å². The van der Waals surface area contributed by atoms with Crippen LogP contribution in [0.4, 0.5) is 19.3 Å². The van der Waals surface area contributed by atoms with Gasteiger partial charge >= 0.3 is 6.03 Å². The first-order valence-corrected chi connectivity index (χ1v) is 12.0. The van der Waals surface area contributed by atoms with Gasteiger partial charge in [0.15, 0.2) is 11.6 Å². The highest BCUT2D eigenvalue weighted by molar-refractivity contribution is 7.99. The molecule has 2 aliphatic heterocycles. The van der Waals surface area contributed by atoms with Crippen LogP contribution < -0.4 is 10.2 Å². The molecule has 2 heterocycles. The van der Waals surface area contributed by atoms with Gasteiger partial charge in [0, 0.05) is 10.6 Å². The molecule has 5 rings (SSSR count). The van der Waals surface area contributed by atoms with E-state index in [1.165, 1.54) is 13.0 Å². The Hall–Kier alpha value is -3.72. The molecule has 0 spiro atoms. The zero-order chi connectivity index (χ0) is 24.7. The fraction of sp³-hybridized carbons (Fsp3) is 0.192. The van der Waals surface area contributed by atoms with Crippen molar-refractivity contribution in [1.82, 2.24) is 10.2 Å². The summed E-state index contributed by atoms with van der Waals surface area (Å²) in [6.07, 6.45) is 0. The second-order valence-electron chi connectivity index (χ2n) is 8.54. The average molecular weight is 494 g/mol. The molecule has 4 amide bonds. The van der Waals surface area contributed by atoms with E-state index < -0.39 is 41.6 Å². The topological polar surface area (TPSA) is 69.7 Å². The lowest BCUT2D eigenvalue weighted by Crippen LogP contribution is -2.47. The van der Waals surface area contributed by atoms with Crippen LogP contribution in [0.15, 0.2) is 77.7 Å². The zero-order valence-electron chi connectivity index (χ0n) is 18.7. The molecule has 3 aromatic carbocycles. The van der Waals surface area contributed by atoms with E-state index in [9.17, 15) is 23.2 Å². The minimum Gasteiger partial charge on any atom is -0.319 e. The standard InChI is InChI=1S/C26H21F2N3O3S/c1-26(17-11-12-18(27)19(28)13-17)24(33)30(25(34)29-26)14-23(32)31-20-9-5-6-10-22(20)35-15-21(31)16-7-3-2-4-8-16/h2-13,21H,14-15H2,1H3,(H,29,34). The number of para-hydroxylation sites is 1. The van der Waals surface area contributed by atoms with E-state index in [0.717, 1.165) is 27.5 Å². The van der Waals surface area contributed by atoms with Crippen LogP contribution in [-0.2, 0) is 15.1 Å². The highest BCUT2D eigenvalue weighted by atomic mass is 32.2. The van der Waals surface area contributed by atoms with E-state index in [1.807, 2.05) is 54.6 Å². The SMILES string of the molecule is CC1(c2ccc(F)c(F)c2)NC(=O)N(CC(=O)N2c3ccccc3SCC2c2ccccc2)C1=O. The van der Waals surface area contributed by atoms with E-state index in [-0.39, 0.29) is 11.6 Å². The summed E-state index contributed by atoms with van der Waals surface area (Å²) in [7, 11) is 0. The van der Waals surface area contributed by atoms with Crippen molar-refractivity contribution >= 4 is 35.3 Å². The Kier molecular flexibility index (Phi) is 5.80. The van der Waals surface area contributed by atoms with E-state index in [1.54, 1.807) is 16.7 Å². The van der Waals surface area contributed by atoms with Crippen LogP contribution in [0.2, 0.25) is 0 Å². The lowest BCUT2D eigenvalue weighted by Gasteiger charge is -2.37. The third kappa shape index (κ3) is 3.95. The number of imide groups is 1. The molecule has 9 heteroatoms. The third-order valence-corrected chi connectivity index (χ3v) is 7.49. The molecule has 2 aliphatic rings. The second kappa shape index (κ2) is 8.81. The number of nitrogens with one attached hydrogen (secondary N) is 1. The van der Waals surface area contributed by atoms with Crippen molar-refractivity contribution in [2.24, 2.45) is 0 Å². The highest BCUT2D eigenvalue weighted by Gasteiger charge is 2.50. The van der Waals surface area contributed by atoms with E-state index in [2.05, 4.69) is 5.32 Å². The second-order valence-corrected chi connectivity index (χ2v) is 9.61. The molecule has 1 fully saturated rings. The molecule has 2 atom stereocenters. The van der Waals surface area contributed by atoms with E-state index in [4.69, 9.17) is 0 Å². The van der Waals surface area contributed by atoms with Crippen LogP contribution in [0.1, 0.15) is 24.1 Å². The predicted molar refractivity (Wildman–Crippen MR) is 128 cm³/mol. The number of hydrogen-bond acceptors (Lipinski definition) is 4. The molecule has 1 N–H and O–H groups in total. The number of hydrogen-bond donors (Lipinski definition) is 1. The smallest absolute Gasteiger partial charge is 0.319 e. The number of carbonyl (C=O) groups is 3. The Morgan fingerprint density at radius 2 is 1.74 bits per heavy atom. The van der Waals surface area contributed by atoms with Crippen LogP contribution in [0, 0.1) is 11.6 Å². The number of rotatable bonds is 4. The summed E-state index contributed by atoms with van der Waals surface area (Å²) in [5.41, 5.74) is 0.108. The Bertz CT molecular complexity index is 1340. The molecule has 0 aromatic heterocycles.